The van der Waals surface area contributed by atoms with Gasteiger partial charge >= 0.3 is 0 Å². The lowest BCUT2D eigenvalue weighted by Gasteiger charge is -2.15. The molecule has 1 fully saturated rings. The van der Waals surface area contributed by atoms with Crippen LogP contribution in [0.4, 0.5) is 5.69 Å². The molecule has 0 atom stereocenters. The van der Waals surface area contributed by atoms with E-state index in [9.17, 15) is 18.0 Å². The Morgan fingerprint density at radius 2 is 1.63 bits per heavy atom. The van der Waals surface area contributed by atoms with Crippen molar-refractivity contribution in [1.29, 1.82) is 0 Å². The molecule has 1 aliphatic heterocycles. The van der Waals surface area contributed by atoms with Crippen molar-refractivity contribution < 1.29 is 18.0 Å². The minimum Gasteiger partial charge on any atom is -0.339 e. The number of nitrogens with zero attached hydrogens (tertiary/aromatic N) is 1. The van der Waals surface area contributed by atoms with Gasteiger partial charge < -0.3 is 10.2 Å². The van der Waals surface area contributed by atoms with Gasteiger partial charge in [-0.2, -0.15) is 0 Å². The first-order valence-corrected chi connectivity index (χ1v) is 10.1. The van der Waals surface area contributed by atoms with Crippen LogP contribution in [-0.4, -0.2) is 45.3 Å². The van der Waals surface area contributed by atoms with Gasteiger partial charge in [-0.25, -0.2) is 13.1 Å². The first-order valence-electron chi connectivity index (χ1n) is 8.65. The van der Waals surface area contributed by atoms with Gasteiger partial charge in [0, 0.05) is 29.9 Å². The molecule has 0 saturated carbocycles. The zero-order chi connectivity index (χ0) is 19.4. The maximum Gasteiger partial charge on any atom is 0.255 e. The molecule has 27 heavy (non-hydrogen) atoms. The Kier molecular flexibility index (Phi) is 5.57. The van der Waals surface area contributed by atoms with Crippen molar-refractivity contribution in [1.82, 2.24) is 9.62 Å². The Bertz CT molecular complexity index is 949. The van der Waals surface area contributed by atoms with Crippen LogP contribution in [-0.2, 0) is 10.0 Å². The predicted molar refractivity (Wildman–Crippen MR) is 102 cm³/mol. The second-order valence-electron chi connectivity index (χ2n) is 6.27. The zero-order valence-electron chi connectivity index (χ0n) is 14.9. The fourth-order valence-electron chi connectivity index (χ4n) is 2.92. The molecule has 0 bridgehead atoms. The van der Waals surface area contributed by atoms with E-state index >= 15 is 0 Å². The quantitative estimate of drug-likeness (QED) is 0.821. The summed E-state index contributed by atoms with van der Waals surface area (Å²) in [5.74, 6) is -0.433. The molecule has 2 aromatic rings. The van der Waals surface area contributed by atoms with Gasteiger partial charge in [0.15, 0.2) is 0 Å². The lowest BCUT2D eigenvalue weighted by atomic mass is 10.1. The van der Waals surface area contributed by atoms with E-state index in [0.29, 0.717) is 11.3 Å². The summed E-state index contributed by atoms with van der Waals surface area (Å²) in [5, 5.41) is 2.71. The Hall–Kier alpha value is -2.71. The summed E-state index contributed by atoms with van der Waals surface area (Å²) in [6.07, 6.45) is 2.06. The van der Waals surface area contributed by atoms with E-state index < -0.39 is 15.9 Å². The highest BCUT2D eigenvalue weighted by molar-refractivity contribution is 7.89. The minimum atomic E-state index is -3.62. The van der Waals surface area contributed by atoms with Crippen LogP contribution < -0.4 is 10.0 Å². The molecule has 1 saturated heterocycles. The highest BCUT2D eigenvalue weighted by Gasteiger charge is 2.19. The van der Waals surface area contributed by atoms with Crippen molar-refractivity contribution in [3.8, 4) is 0 Å². The number of amides is 2. The monoisotopic (exact) mass is 387 g/mol. The molecule has 0 spiro atoms. The van der Waals surface area contributed by atoms with Crippen molar-refractivity contribution in [2.24, 2.45) is 0 Å². The molecule has 2 aromatic carbocycles. The summed E-state index contributed by atoms with van der Waals surface area (Å²) in [7, 11) is -2.31. The molecule has 2 N–H and O–H groups in total. The molecule has 0 aliphatic carbocycles. The Morgan fingerprint density at radius 1 is 0.963 bits per heavy atom. The lowest BCUT2D eigenvalue weighted by molar-refractivity contribution is 0.0792. The average molecular weight is 387 g/mol. The van der Waals surface area contributed by atoms with Crippen molar-refractivity contribution in [2.45, 2.75) is 17.7 Å². The van der Waals surface area contributed by atoms with Crippen LogP contribution in [0.5, 0.6) is 0 Å². The maximum absolute atomic E-state index is 12.4. The molecule has 7 nitrogen and oxygen atoms in total. The SMILES string of the molecule is CNS(=O)(=O)c1cccc(C(=O)Nc2ccc(C(=O)N3CCCC3)cc2)c1. The summed E-state index contributed by atoms with van der Waals surface area (Å²) in [6, 6.07) is 12.5. The van der Waals surface area contributed by atoms with Crippen LogP contribution in [0.1, 0.15) is 33.6 Å². The van der Waals surface area contributed by atoms with Gasteiger partial charge in [-0.1, -0.05) is 6.07 Å². The van der Waals surface area contributed by atoms with Crippen LogP contribution in [0.25, 0.3) is 0 Å². The fraction of sp³-hybridized carbons (Fsp3) is 0.263. The third-order valence-corrected chi connectivity index (χ3v) is 5.87. The number of anilines is 1. The maximum atomic E-state index is 12.4. The van der Waals surface area contributed by atoms with E-state index in [0.717, 1.165) is 25.9 Å². The summed E-state index contributed by atoms with van der Waals surface area (Å²) in [5.41, 5.74) is 1.33. The lowest BCUT2D eigenvalue weighted by Crippen LogP contribution is -2.27. The topological polar surface area (TPSA) is 95.6 Å². The molecule has 2 amide bonds. The second kappa shape index (κ2) is 7.89. The molecule has 0 radical (unpaired) electrons. The molecule has 8 heteroatoms. The zero-order valence-corrected chi connectivity index (χ0v) is 15.8. The van der Waals surface area contributed by atoms with E-state index in [1.54, 1.807) is 24.3 Å². The molecule has 0 aromatic heterocycles. The van der Waals surface area contributed by atoms with Crippen molar-refractivity contribution >= 4 is 27.5 Å². The van der Waals surface area contributed by atoms with Crippen LogP contribution in [0, 0.1) is 0 Å². The van der Waals surface area contributed by atoms with Gasteiger partial charge in [0.2, 0.25) is 10.0 Å². The number of rotatable bonds is 5. The van der Waals surface area contributed by atoms with Crippen LogP contribution >= 0.6 is 0 Å². The summed E-state index contributed by atoms with van der Waals surface area (Å²) in [4.78, 5) is 26.6. The van der Waals surface area contributed by atoms with Gasteiger partial charge in [-0.3, -0.25) is 9.59 Å². The van der Waals surface area contributed by atoms with E-state index in [4.69, 9.17) is 0 Å². The highest BCUT2D eigenvalue weighted by atomic mass is 32.2. The third kappa shape index (κ3) is 4.35. The Balaban J connectivity index is 1.71. The first kappa shape index (κ1) is 19.1. The largest absolute Gasteiger partial charge is 0.339 e. The number of sulfonamides is 1. The number of carbonyl (C=O) groups excluding carboxylic acids is 2. The van der Waals surface area contributed by atoms with Gasteiger partial charge in [0.1, 0.15) is 0 Å². The standard InChI is InChI=1S/C19H21N3O4S/c1-20-27(25,26)17-6-4-5-15(13-17)18(23)21-16-9-7-14(8-10-16)19(24)22-11-2-3-12-22/h4-10,13,20H,2-3,11-12H2,1H3,(H,21,23). The Labute approximate surface area is 158 Å². The van der Waals surface area contributed by atoms with Crippen molar-refractivity contribution in [3.63, 3.8) is 0 Å². The normalized spacial score (nSPS) is 14.2. The number of hydrogen-bond donors (Lipinski definition) is 2. The van der Waals surface area contributed by atoms with Crippen LogP contribution in [0.3, 0.4) is 0 Å². The number of nitrogens with one attached hydrogen (secondary N) is 2. The van der Waals surface area contributed by atoms with Crippen LogP contribution in [0.15, 0.2) is 53.4 Å². The van der Waals surface area contributed by atoms with E-state index in [1.165, 1.54) is 31.3 Å². The molecule has 0 unspecified atom stereocenters. The average Bonchev–Trinajstić information content (AvgIpc) is 3.23. The molecular formula is C19H21N3O4S. The predicted octanol–water partition coefficient (Wildman–Crippen LogP) is 2.08. The summed E-state index contributed by atoms with van der Waals surface area (Å²) in [6.45, 7) is 1.56. The first-order chi connectivity index (χ1) is 12.9. The van der Waals surface area contributed by atoms with Crippen molar-refractivity contribution in [3.05, 3.63) is 59.7 Å². The number of likely N-dealkylation sites (tertiary alicyclic amines) is 1. The number of benzene rings is 2. The van der Waals surface area contributed by atoms with E-state index in [2.05, 4.69) is 10.0 Å². The molecule has 3 rings (SSSR count). The minimum absolute atomic E-state index is 0.00431. The fourth-order valence-corrected chi connectivity index (χ4v) is 3.70. The van der Waals surface area contributed by atoms with Gasteiger partial charge in [-0.15, -0.1) is 0 Å². The number of carbonyl (C=O) groups is 2. The molecular weight excluding hydrogens is 366 g/mol. The molecule has 1 aliphatic rings. The summed E-state index contributed by atoms with van der Waals surface area (Å²) >= 11 is 0. The van der Waals surface area contributed by atoms with E-state index in [-0.39, 0.29) is 16.4 Å². The Morgan fingerprint density at radius 3 is 2.26 bits per heavy atom. The summed E-state index contributed by atoms with van der Waals surface area (Å²) < 4.78 is 25.9. The third-order valence-electron chi connectivity index (χ3n) is 4.46. The molecule has 142 valence electrons. The van der Waals surface area contributed by atoms with E-state index in [1.807, 2.05) is 4.90 Å². The van der Waals surface area contributed by atoms with Gasteiger partial charge in [0.25, 0.3) is 11.8 Å². The van der Waals surface area contributed by atoms with Gasteiger partial charge in [-0.05, 0) is 62.4 Å². The highest BCUT2D eigenvalue weighted by Crippen LogP contribution is 2.17. The molecule has 1 heterocycles. The smallest absolute Gasteiger partial charge is 0.255 e. The second-order valence-corrected chi connectivity index (χ2v) is 8.15. The van der Waals surface area contributed by atoms with Crippen LogP contribution in [0.2, 0.25) is 0 Å². The number of hydrogen-bond acceptors (Lipinski definition) is 4. The van der Waals surface area contributed by atoms with Gasteiger partial charge in [0.05, 0.1) is 4.90 Å². The van der Waals surface area contributed by atoms with Crippen molar-refractivity contribution in [2.75, 3.05) is 25.5 Å².